The monoisotopic (exact) mass is 710 g/mol. The minimum Gasteiger partial charge on any atom is -0.493 e. The summed E-state index contributed by atoms with van der Waals surface area (Å²) in [6.45, 7) is 0.674. The first-order valence-corrected chi connectivity index (χ1v) is 16.0. The van der Waals surface area contributed by atoms with E-state index < -0.39 is 46.3 Å². The number of hydrogen-bond donors (Lipinski definition) is 1. The lowest BCUT2D eigenvalue weighted by molar-refractivity contribution is 0.103. The van der Waals surface area contributed by atoms with Crippen LogP contribution in [-0.4, -0.2) is 25.1 Å². The van der Waals surface area contributed by atoms with E-state index >= 15 is 0 Å². The van der Waals surface area contributed by atoms with Gasteiger partial charge in [-0.1, -0.05) is 78.9 Å². The van der Waals surface area contributed by atoms with E-state index in [1.54, 1.807) is 18.2 Å². The molecule has 0 saturated carbocycles. The quantitative estimate of drug-likeness (QED) is 0.101. The van der Waals surface area contributed by atoms with Crippen LogP contribution in [0.2, 0.25) is 0 Å². The molecule has 0 aliphatic carbocycles. The molecule has 0 radical (unpaired) electrons. The van der Waals surface area contributed by atoms with E-state index in [1.807, 2.05) is 60.7 Å². The molecule has 0 aliphatic heterocycles. The zero-order valence-electron chi connectivity index (χ0n) is 28.2. The van der Waals surface area contributed by atoms with Gasteiger partial charge in [0.1, 0.15) is 42.6 Å². The predicted octanol–water partition coefficient (Wildman–Crippen LogP) is 9.42. The molecular formula is C42H34F4O6. The van der Waals surface area contributed by atoms with E-state index in [-0.39, 0.29) is 5.56 Å². The molecule has 10 heteroatoms. The van der Waals surface area contributed by atoms with Crippen LogP contribution < -0.4 is 18.9 Å². The topological polar surface area (TPSA) is 74.2 Å². The molecule has 1 N–H and O–H groups in total. The number of aliphatic hydroxyl groups excluding tert-OH is 1. The Balaban J connectivity index is 0.000000201. The summed E-state index contributed by atoms with van der Waals surface area (Å²) in [4.78, 5) is 12.5. The van der Waals surface area contributed by atoms with E-state index in [2.05, 4.69) is 0 Å². The summed E-state index contributed by atoms with van der Waals surface area (Å²) < 4.78 is 77.5. The van der Waals surface area contributed by atoms with Gasteiger partial charge in [0.15, 0.2) is 28.8 Å². The summed E-state index contributed by atoms with van der Waals surface area (Å²) in [5, 5.41) is 10.4. The summed E-state index contributed by atoms with van der Waals surface area (Å²) in [7, 11) is 2.90. The average molecular weight is 711 g/mol. The van der Waals surface area contributed by atoms with Gasteiger partial charge in [0.25, 0.3) is 0 Å². The largest absolute Gasteiger partial charge is 0.493 e. The molecule has 0 aromatic heterocycles. The Morgan fingerprint density at radius 1 is 0.558 bits per heavy atom. The second-order valence-electron chi connectivity index (χ2n) is 11.3. The van der Waals surface area contributed by atoms with Crippen molar-refractivity contribution in [3.05, 3.63) is 190 Å². The Labute approximate surface area is 298 Å². The summed E-state index contributed by atoms with van der Waals surface area (Å²) in [6, 6.07) is 35.0. The van der Waals surface area contributed by atoms with Gasteiger partial charge in [0.2, 0.25) is 0 Å². The van der Waals surface area contributed by atoms with Crippen LogP contribution in [0.25, 0.3) is 0 Å². The Bertz CT molecular complexity index is 2070. The molecule has 0 aliphatic rings. The number of aliphatic hydroxyl groups is 1. The first kappa shape index (κ1) is 37.1. The van der Waals surface area contributed by atoms with Crippen molar-refractivity contribution in [3.63, 3.8) is 0 Å². The zero-order chi connectivity index (χ0) is 37.0. The Morgan fingerprint density at radius 2 is 1.02 bits per heavy atom. The van der Waals surface area contributed by atoms with Gasteiger partial charge in [-0.2, -0.15) is 0 Å². The van der Waals surface area contributed by atoms with Crippen LogP contribution >= 0.6 is 0 Å². The molecule has 6 nitrogen and oxygen atoms in total. The highest BCUT2D eigenvalue weighted by molar-refractivity contribution is 6.09. The van der Waals surface area contributed by atoms with Crippen LogP contribution in [0.3, 0.4) is 0 Å². The van der Waals surface area contributed by atoms with Crippen molar-refractivity contribution in [3.8, 4) is 23.0 Å². The number of carbonyl (C=O) groups is 1. The molecular weight excluding hydrogens is 676 g/mol. The standard InChI is InChI=1S/C21H18F2O3.C21H16F2O3/c2*1-25-19-12-15(21(24)20-16(22)8-5-9-17(20)23)10-11-18(19)26-13-14-6-3-2-4-7-14/h2-12,21,24H,13H2,1H3;2-12H,13H2,1H3. The smallest absolute Gasteiger partial charge is 0.199 e. The number of carbonyl (C=O) groups excluding carboxylic acids is 1. The molecule has 1 unspecified atom stereocenters. The molecule has 0 fully saturated rings. The molecule has 52 heavy (non-hydrogen) atoms. The highest BCUT2D eigenvalue weighted by Gasteiger charge is 2.22. The van der Waals surface area contributed by atoms with Crippen LogP contribution in [0.4, 0.5) is 17.6 Å². The minimum atomic E-state index is -1.45. The van der Waals surface area contributed by atoms with Gasteiger partial charge in [-0.05, 0) is 71.3 Å². The van der Waals surface area contributed by atoms with Gasteiger partial charge < -0.3 is 24.1 Å². The van der Waals surface area contributed by atoms with E-state index in [0.29, 0.717) is 41.8 Å². The van der Waals surface area contributed by atoms with E-state index in [9.17, 15) is 27.5 Å². The number of ether oxygens (including phenoxy) is 4. The maximum Gasteiger partial charge on any atom is 0.199 e. The lowest BCUT2D eigenvalue weighted by Crippen LogP contribution is -2.08. The predicted molar refractivity (Wildman–Crippen MR) is 188 cm³/mol. The maximum absolute atomic E-state index is 13.9. The fraction of sp³-hybridized carbons (Fsp3) is 0.119. The third-order valence-electron chi connectivity index (χ3n) is 7.87. The van der Waals surface area contributed by atoms with Crippen molar-refractivity contribution in [2.24, 2.45) is 0 Å². The van der Waals surface area contributed by atoms with E-state index in [4.69, 9.17) is 18.9 Å². The number of rotatable bonds is 12. The van der Waals surface area contributed by atoms with Gasteiger partial charge in [-0.3, -0.25) is 4.79 Å². The maximum atomic E-state index is 13.9. The first-order chi connectivity index (χ1) is 25.2. The highest BCUT2D eigenvalue weighted by atomic mass is 19.1. The summed E-state index contributed by atoms with van der Waals surface area (Å²) in [5.41, 5.74) is 1.39. The van der Waals surface area contributed by atoms with E-state index in [0.717, 1.165) is 35.4 Å². The second-order valence-corrected chi connectivity index (χ2v) is 11.3. The molecule has 6 aromatic rings. The van der Waals surface area contributed by atoms with Gasteiger partial charge in [-0.25, -0.2) is 17.6 Å². The van der Waals surface area contributed by atoms with E-state index in [1.165, 1.54) is 44.6 Å². The van der Waals surface area contributed by atoms with Crippen molar-refractivity contribution >= 4 is 5.78 Å². The molecule has 0 spiro atoms. The van der Waals surface area contributed by atoms with Crippen molar-refractivity contribution in [1.82, 2.24) is 0 Å². The molecule has 6 aromatic carbocycles. The van der Waals surface area contributed by atoms with Crippen LogP contribution in [0, 0.1) is 23.3 Å². The normalized spacial score (nSPS) is 11.1. The minimum absolute atomic E-state index is 0.109. The summed E-state index contributed by atoms with van der Waals surface area (Å²) in [6.07, 6.45) is -1.45. The van der Waals surface area contributed by atoms with Crippen LogP contribution in [-0.2, 0) is 13.2 Å². The van der Waals surface area contributed by atoms with Gasteiger partial charge in [-0.15, -0.1) is 0 Å². The Morgan fingerprint density at radius 3 is 1.52 bits per heavy atom. The Hall–Kier alpha value is -6.13. The number of halogens is 4. The summed E-state index contributed by atoms with van der Waals surface area (Å²) in [5.74, 6) is -2.59. The van der Waals surface area contributed by atoms with Crippen LogP contribution in [0.15, 0.2) is 133 Å². The molecule has 0 amide bonds. The number of hydrogen-bond acceptors (Lipinski definition) is 6. The number of benzene rings is 6. The highest BCUT2D eigenvalue weighted by Crippen LogP contribution is 2.35. The third-order valence-corrected chi connectivity index (χ3v) is 7.87. The fourth-order valence-electron chi connectivity index (χ4n) is 5.17. The first-order valence-electron chi connectivity index (χ1n) is 16.0. The summed E-state index contributed by atoms with van der Waals surface area (Å²) >= 11 is 0. The fourth-order valence-corrected chi connectivity index (χ4v) is 5.17. The van der Waals surface area contributed by atoms with Crippen molar-refractivity contribution in [2.45, 2.75) is 19.3 Å². The second kappa shape index (κ2) is 17.7. The third kappa shape index (κ3) is 9.15. The Kier molecular flexibility index (Phi) is 12.6. The average Bonchev–Trinajstić information content (AvgIpc) is 3.17. The molecule has 0 bridgehead atoms. The van der Waals surface area contributed by atoms with Crippen molar-refractivity contribution < 1.29 is 46.4 Å². The molecule has 0 heterocycles. The van der Waals surface area contributed by atoms with Gasteiger partial charge >= 0.3 is 0 Å². The van der Waals surface area contributed by atoms with Crippen LogP contribution in [0.5, 0.6) is 23.0 Å². The SMILES string of the molecule is COc1cc(C(=O)c2c(F)cccc2F)ccc1OCc1ccccc1.COc1cc(C(O)c2c(F)cccc2F)ccc1OCc1ccccc1. The van der Waals surface area contributed by atoms with Crippen LogP contribution in [0.1, 0.15) is 44.3 Å². The molecule has 6 rings (SSSR count). The molecule has 266 valence electrons. The lowest BCUT2D eigenvalue weighted by atomic mass is 10.00. The van der Waals surface area contributed by atoms with Gasteiger partial charge in [0.05, 0.1) is 25.3 Å². The number of ketones is 1. The molecule has 1 atom stereocenters. The zero-order valence-corrected chi connectivity index (χ0v) is 28.2. The molecule has 0 saturated heterocycles. The lowest BCUT2D eigenvalue weighted by Gasteiger charge is -2.16. The van der Waals surface area contributed by atoms with Gasteiger partial charge in [0, 0.05) is 5.56 Å². The van der Waals surface area contributed by atoms with Crippen molar-refractivity contribution in [2.75, 3.05) is 14.2 Å². The van der Waals surface area contributed by atoms with Crippen molar-refractivity contribution in [1.29, 1.82) is 0 Å². The number of methoxy groups -OCH3 is 2.